The van der Waals surface area contributed by atoms with Crippen LogP contribution in [0.1, 0.15) is 12.5 Å². The molecule has 3 heterocycles. The van der Waals surface area contributed by atoms with Gasteiger partial charge in [0, 0.05) is 11.0 Å². The maximum Gasteiger partial charge on any atom is 0.312 e. The van der Waals surface area contributed by atoms with E-state index in [1.165, 1.54) is 0 Å². The molecule has 4 nitrogen and oxygen atoms in total. The van der Waals surface area contributed by atoms with Crippen molar-refractivity contribution in [3.63, 3.8) is 0 Å². The van der Waals surface area contributed by atoms with Crippen LogP contribution in [0.15, 0.2) is 36.4 Å². The van der Waals surface area contributed by atoms with Gasteiger partial charge in [-0.05, 0) is 29.0 Å². The second-order valence-electron chi connectivity index (χ2n) is 6.16. The van der Waals surface area contributed by atoms with Crippen LogP contribution in [0.25, 0.3) is 10.8 Å². The van der Waals surface area contributed by atoms with Gasteiger partial charge in [-0.15, -0.1) is 0 Å². The smallest absolute Gasteiger partial charge is 0.312 e. The lowest BCUT2D eigenvalue weighted by molar-refractivity contribution is -0.477. The number of hydrogen-bond acceptors (Lipinski definition) is 4. The van der Waals surface area contributed by atoms with Crippen molar-refractivity contribution in [1.82, 2.24) is 0 Å². The molecule has 110 valence electrons. The van der Waals surface area contributed by atoms with E-state index in [9.17, 15) is 0 Å². The van der Waals surface area contributed by atoms with E-state index in [1.807, 2.05) is 30.3 Å². The molecular formula is C17H18O4. The van der Waals surface area contributed by atoms with Gasteiger partial charge in [0.2, 0.25) is 0 Å². The molecule has 0 aliphatic carbocycles. The summed E-state index contributed by atoms with van der Waals surface area (Å²) in [4.78, 5) is 0. The fourth-order valence-electron chi connectivity index (χ4n) is 2.85. The van der Waals surface area contributed by atoms with Gasteiger partial charge < -0.3 is 18.9 Å². The molecule has 21 heavy (non-hydrogen) atoms. The fraction of sp³-hybridized carbons (Fsp3) is 0.412. The van der Waals surface area contributed by atoms with Crippen LogP contribution in [-0.2, 0) is 20.2 Å². The Morgan fingerprint density at radius 2 is 1.57 bits per heavy atom. The van der Waals surface area contributed by atoms with E-state index < -0.39 is 5.97 Å². The zero-order valence-electron chi connectivity index (χ0n) is 12.2. The summed E-state index contributed by atoms with van der Waals surface area (Å²) >= 11 is 0. The Morgan fingerprint density at radius 3 is 2.24 bits per heavy atom. The van der Waals surface area contributed by atoms with Crippen molar-refractivity contribution in [2.24, 2.45) is 5.41 Å². The molecule has 0 N–H and O–H groups in total. The van der Waals surface area contributed by atoms with Crippen molar-refractivity contribution < 1.29 is 18.9 Å². The molecule has 0 aromatic heterocycles. The summed E-state index contributed by atoms with van der Waals surface area (Å²) in [5, 5.41) is 2.23. The third-order valence-corrected chi connectivity index (χ3v) is 4.23. The van der Waals surface area contributed by atoms with E-state index in [1.54, 1.807) is 7.11 Å². The molecule has 3 aliphatic heterocycles. The molecule has 0 radical (unpaired) electrons. The summed E-state index contributed by atoms with van der Waals surface area (Å²) in [6.45, 7) is 4.08. The Hall–Kier alpha value is -1.62. The van der Waals surface area contributed by atoms with E-state index in [0.29, 0.717) is 19.8 Å². The summed E-state index contributed by atoms with van der Waals surface area (Å²) in [5.41, 5.74) is 0.868. The molecule has 0 saturated carbocycles. The molecule has 0 amide bonds. The maximum absolute atomic E-state index is 5.88. The van der Waals surface area contributed by atoms with Crippen molar-refractivity contribution in [1.29, 1.82) is 0 Å². The van der Waals surface area contributed by atoms with Gasteiger partial charge in [-0.1, -0.05) is 25.1 Å². The molecule has 0 unspecified atom stereocenters. The average Bonchev–Trinajstić information content (AvgIpc) is 2.55. The minimum absolute atomic E-state index is 0.0260. The maximum atomic E-state index is 5.88. The van der Waals surface area contributed by atoms with Gasteiger partial charge in [0.05, 0.1) is 26.9 Å². The fourth-order valence-corrected chi connectivity index (χ4v) is 2.85. The monoisotopic (exact) mass is 286 g/mol. The first-order valence-corrected chi connectivity index (χ1v) is 7.13. The summed E-state index contributed by atoms with van der Waals surface area (Å²) in [6, 6.07) is 12.1. The highest BCUT2D eigenvalue weighted by molar-refractivity contribution is 5.84. The molecule has 3 fully saturated rings. The van der Waals surface area contributed by atoms with Crippen LogP contribution in [0, 0.1) is 5.41 Å². The molecule has 3 aliphatic rings. The topological polar surface area (TPSA) is 36.9 Å². The second kappa shape index (κ2) is 4.44. The Kier molecular flexibility index (Phi) is 2.76. The summed E-state index contributed by atoms with van der Waals surface area (Å²) in [5.74, 6) is -0.213. The molecular weight excluding hydrogens is 268 g/mol. The predicted molar refractivity (Wildman–Crippen MR) is 78.1 cm³/mol. The van der Waals surface area contributed by atoms with Gasteiger partial charge in [-0.2, -0.15) is 0 Å². The van der Waals surface area contributed by atoms with E-state index in [2.05, 4.69) is 13.0 Å². The van der Waals surface area contributed by atoms with Gasteiger partial charge in [-0.25, -0.2) is 0 Å². The number of rotatable bonds is 2. The SMILES string of the molecule is COc1ccc2ccc(C34OCC(C)(CO3)CO4)cc2c1. The first kappa shape index (κ1) is 13.1. The van der Waals surface area contributed by atoms with E-state index in [-0.39, 0.29) is 5.41 Å². The van der Waals surface area contributed by atoms with Gasteiger partial charge in [0.25, 0.3) is 0 Å². The normalized spacial score (nSPS) is 31.5. The summed E-state index contributed by atoms with van der Waals surface area (Å²) in [6.07, 6.45) is 0. The average molecular weight is 286 g/mol. The Balaban J connectivity index is 1.76. The van der Waals surface area contributed by atoms with Crippen LogP contribution in [0.5, 0.6) is 5.75 Å². The highest BCUT2D eigenvalue weighted by atomic mass is 16.9. The lowest BCUT2D eigenvalue weighted by Crippen LogP contribution is -2.57. The number of methoxy groups -OCH3 is 1. The molecule has 3 saturated heterocycles. The molecule has 2 aromatic rings. The van der Waals surface area contributed by atoms with Crippen LogP contribution < -0.4 is 4.74 Å². The summed E-state index contributed by atoms with van der Waals surface area (Å²) < 4.78 is 22.9. The van der Waals surface area contributed by atoms with Crippen molar-refractivity contribution >= 4 is 10.8 Å². The third kappa shape index (κ3) is 2.02. The molecule has 5 rings (SSSR count). The molecule has 2 aromatic carbocycles. The van der Waals surface area contributed by atoms with Crippen LogP contribution in [0.4, 0.5) is 0 Å². The van der Waals surface area contributed by atoms with Gasteiger partial charge in [0.15, 0.2) is 0 Å². The van der Waals surface area contributed by atoms with Crippen molar-refractivity contribution in [3.8, 4) is 5.75 Å². The van der Waals surface area contributed by atoms with E-state index >= 15 is 0 Å². The quantitative estimate of drug-likeness (QED) is 0.850. The Morgan fingerprint density at radius 1 is 0.905 bits per heavy atom. The minimum atomic E-state index is -1.05. The lowest BCUT2D eigenvalue weighted by atomic mass is 9.91. The number of ether oxygens (including phenoxy) is 4. The number of hydrogen-bond donors (Lipinski definition) is 0. The minimum Gasteiger partial charge on any atom is -0.497 e. The predicted octanol–water partition coefficient (Wildman–Crippen LogP) is 3.04. The van der Waals surface area contributed by atoms with Crippen molar-refractivity contribution in [2.75, 3.05) is 26.9 Å². The van der Waals surface area contributed by atoms with Gasteiger partial charge in [-0.3, -0.25) is 0 Å². The summed E-state index contributed by atoms with van der Waals surface area (Å²) in [7, 11) is 1.67. The van der Waals surface area contributed by atoms with Crippen LogP contribution in [-0.4, -0.2) is 26.9 Å². The zero-order valence-corrected chi connectivity index (χ0v) is 12.2. The highest BCUT2D eigenvalue weighted by Crippen LogP contribution is 2.44. The molecule has 0 spiro atoms. The first-order valence-electron chi connectivity index (χ1n) is 7.13. The molecule has 2 bridgehead atoms. The van der Waals surface area contributed by atoms with Gasteiger partial charge in [0.1, 0.15) is 5.75 Å². The Bertz CT molecular complexity index is 670. The van der Waals surface area contributed by atoms with E-state index in [4.69, 9.17) is 18.9 Å². The first-order chi connectivity index (χ1) is 10.1. The largest absolute Gasteiger partial charge is 0.497 e. The highest BCUT2D eigenvalue weighted by Gasteiger charge is 2.51. The standard InChI is InChI=1S/C17H18O4/c1-16-9-19-17(20-10-16,21-11-16)14-5-3-12-4-6-15(18-2)8-13(12)7-14/h3-8H,9-11H2,1-2H3. The second-order valence-corrected chi connectivity index (χ2v) is 6.16. The van der Waals surface area contributed by atoms with Crippen LogP contribution in [0.3, 0.4) is 0 Å². The van der Waals surface area contributed by atoms with Crippen LogP contribution in [0.2, 0.25) is 0 Å². The zero-order chi connectivity index (χ0) is 14.5. The number of benzene rings is 2. The Labute approximate surface area is 123 Å². The molecule has 0 atom stereocenters. The third-order valence-electron chi connectivity index (χ3n) is 4.23. The van der Waals surface area contributed by atoms with Crippen molar-refractivity contribution in [3.05, 3.63) is 42.0 Å². The van der Waals surface area contributed by atoms with Crippen LogP contribution >= 0.6 is 0 Å². The molecule has 4 heteroatoms. The number of fused-ring (bicyclic) bond motifs is 4. The van der Waals surface area contributed by atoms with E-state index in [0.717, 1.165) is 22.1 Å². The lowest BCUT2D eigenvalue weighted by Gasteiger charge is -2.50. The van der Waals surface area contributed by atoms with Gasteiger partial charge >= 0.3 is 5.97 Å². The van der Waals surface area contributed by atoms with Crippen molar-refractivity contribution in [2.45, 2.75) is 12.9 Å².